The second kappa shape index (κ2) is 9.54. The molecule has 0 N–H and O–H groups in total. The van der Waals surface area contributed by atoms with Crippen molar-refractivity contribution in [2.75, 3.05) is 19.8 Å². The van der Waals surface area contributed by atoms with Crippen molar-refractivity contribution in [3.8, 4) is 0 Å². The van der Waals surface area contributed by atoms with Gasteiger partial charge in [0.05, 0.1) is 19.3 Å². The molecule has 1 aliphatic heterocycles. The molecule has 0 radical (unpaired) electrons. The van der Waals surface area contributed by atoms with Crippen molar-refractivity contribution in [1.82, 2.24) is 0 Å². The van der Waals surface area contributed by atoms with Gasteiger partial charge in [0.2, 0.25) is 0 Å². The Bertz CT molecular complexity index is 543. The predicted octanol–water partition coefficient (Wildman–Crippen LogP) is 4.22. The number of hydrogen-bond acceptors (Lipinski definition) is 5. The maximum Gasteiger partial charge on any atom is 0.323 e. The van der Waals surface area contributed by atoms with E-state index in [1.165, 1.54) is 0 Å². The topological polar surface area (TPSA) is 61.8 Å². The standard InChI is InChI=1S/C22H34O5/c1-5-10-17-15-22(19(23)25-6-2,20(24)26-7-3)16-21(17,4)13-12-18-11-8-9-14-27-18/h5,12-13,17-18H,1,6-11,14-16H2,2-4H3/b13-12+/t17-,18-,21-/m1/s1. The number of rotatable bonds is 8. The molecule has 2 aliphatic rings. The fraction of sp³-hybridized carbons (Fsp3) is 0.727. The number of hydrogen-bond donors (Lipinski definition) is 0. The highest BCUT2D eigenvalue weighted by Gasteiger charge is 2.60. The Morgan fingerprint density at radius 1 is 1.19 bits per heavy atom. The molecule has 2 rings (SSSR count). The zero-order valence-electron chi connectivity index (χ0n) is 17.0. The average Bonchev–Trinajstić information content (AvgIpc) is 2.96. The van der Waals surface area contributed by atoms with Gasteiger partial charge in [0, 0.05) is 6.61 Å². The van der Waals surface area contributed by atoms with E-state index in [2.05, 4.69) is 25.7 Å². The summed E-state index contributed by atoms with van der Waals surface area (Å²) in [4.78, 5) is 25.7. The molecule has 0 bridgehead atoms. The van der Waals surface area contributed by atoms with E-state index in [0.29, 0.717) is 12.8 Å². The van der Waals surface area contributed by atoms with Crippen molar-refractivity contribution in [1.29, 1.82) is 0 Å². The van der Waals surface area contributed by atoms with Crippen molar-refractivity contribution in [3.63, 3.8) is 0 Å². The summed E-state index contributed by atoms with van der Waals surface area (Å²) in [7, 11) is 0. The van der Waals surface area contributed by atoms with Gasteiger partial charge in [0.15, 0.2) is 5.41 Å². The highest BCUT2D eigenvalue weighted by atomic mass is 16.6. The highest BCUT2D eigenvalue weighted by molar-refractivity contribution is 6.00. The Labute approximate surface area is 163 Å². The molecule has 0 aromatic carbocycles. The highest BCUT2D eigenvalue weighted by Crippen LogP contribution is 2.56. The Morgan fingerprint density at radius 2 is 1.85 bits per heavy atom. The molecular weight excluding hydrogens is 344 g/mol. The lowest BCUT2D eigenvalue weighted by Crippen LogP contribution is -2.40. The Kier molecular flexibility index (Phi) is 7.66. The van der Waals surface area contributed by atoms with Crippen LogP contribution < -0.4 is 0 Å². The molecular formula is C22H34O5. The second-order valence-electron chi connectivity index (χ2n) is 7.90. The van der Waals surface area contributed by atoms with Gasteiger partial charge in [0.25, 0.3) is 0 Å². The molecule has 1 heterocycles. The van der Waals surface area contributed by atoms with Gasteiger partial charge in [-0.2, -0.15) is 0 Å². The van der Waals surface area contributed by atoms with E-state index in [9.17, 15) is 9.59 Å². The van der Waals surface area contributed by atoms with Crippen LogP contribution in [0.1, 0.15) is 59.3 Å². The Balaban J connectivity index is 2.31. The molecule has 0 unspecified atom stereocenters. The second-order valence-corrected chi connectivity index (χ2v) is 7.90. The van der Waals surface area contributed by atoms with Crippen LogP contribution in [0.2, 0.25) is 0 Å². The van der Waals surface area contributed by atoms with Crippen LogP contribution in [-0.4, -0.2) is 37.9 Å². The van der Waals surface area contributed by atoms with Crippen LogP contribution in [0, 0.1) is 16.7 Å². The lowest BCUT2D eigenvalue weighted by molar-refractivity contribution is -0.172. The van der Waals surface area contributed by atoms with Crippen molar-refractivity contribution in [3.05, 3.63) is 24.8 Å². The average molecular weight is 379 g/mol. The minimum absolute atomic E-state index is 0.111. The SMILES string of the molecule is C=CC[C@@H]1CC(C(=O)OCC)(C(=O)OCC)C[C@@]1(C)/C=C/[C@H]1CCCCO1. The van der Waals surface area contributed by atoms with Gasteiger partial charge in [-0.3, -0.25) is 9.59 Å². The van der Waals surface area contributed by atoms with Gasteiger partial charge in [0.1, 0.15) is 0 Å². The first-order chi connectivity index (χ1) is 12.9. The largest absolute Gasteiger partial charge is 0.465 e. The number of carbonyl (C=O) groups excluding carboxylic acids is 2. The molecule has 1 aliphatic carbocycles. The fourth-order valence-electron chi connectivity index (χ4n) is 4.45. The Hall–Kier alpha value is -1.62. The summed E-state index contributed by atoms with van der Waals surface area (Å²) in [6.07, 6.45) is 11.1. The third-order valence-electron chi connectivity index (χ3n) is 5.90. The van der Waals surface area contributed by atoms with Crippen molar-refractivity contribution >= 4 is 11.9 Å². The summed E-state index contributed by atoms with van der Waals surface area (Å²) in [6.45, 7) is 10.8. The third kappa shape index (κ3) is 4.81. The number of carbonyl (C=O) groups is 2. The van der Waals surface area contributed by atoms with Crippen LogP contribution in [0.25, 0.3) is 0 Å². The van der Waals surface area contributed by atoms with E-state index in [0.717, 1.165) is 32.3 Å². The van der Waals surface area contributed by atoms with Crippen LogP contribution in [-0.2, 0) is 23.8 Å². The Morgan fingerprint density at radius 3 is 2.37 bits per heavy atom. The van der Waals surface area contributed by atoms with Gasteiger partial charge < -0.3 is 14.2 Å². The zero-order chi connectivity index (χ0) is 19.9. The molecule has 2 fully saturated rings. The molecule has 1 saturated heterocycles. The predicted molar refractivity (Wildman–Crippen MR) is 104 cm³/mol. The first-order valence-corrected chi connectivity index (χ1v) is 10.2. The van der Waals surface area contributed by atoms with E-state index in [1.807, 2.05) is 6.08 Å². The summed E-state index contributed by atoms with van der Waals surface area (Å²) in [5.74, 6) is -0.823. The number of ether oxygens (including phenoxy) is 3. The number of esters is 2. The molecule has 3 atom stereocenters. The maximum absolute atomic E-state index is 12.8. The molecule has 0 aromatic rings. The molecule has 5 nitrogen and oxygen atoms in total. The van der Waals surface area contributed by atoms with Gasteiger partial charge in [-0.25, -0.2) is 0 Å². The van der Waals surface area contributed by atoms with Crippen LogP contribution in [0.4, 0.5) is 0 Å². The molecule has 0 amide bonds. The summed E-state index contributed by atoms with van der Waals surface area (Å²) in [6, 6.07) is 0. The minimum atomic E-state index is -1.24. The van der Waals surface area contributed by atoms with Crippen molar-refractivity contribution < 1.29 is 23.8 Å². The van der Waals surface area contributed by atoms with Gasteiger partial charge in [-0.05, 0) is 63.7 Å². The van der Waals surface area contributed by atoms with Crippen LogP contribution in [0.3, 0.4) is 0 Å². The minimum Gasteiger partial charge on any atom is -0.465 e. The van der Waals surface area contributed by atoms with Crippen LogP contribution >= 0.6 is 0 Å². The smallest absolute Gasteiger partial charge is 0.323 e. The molecule has 0 spiro atoms. The van der Waals surface area contributed by atoms with Gasteiger partial charge >= 0.3 is 11.9 Å². The molecule has 1 saturated carbocycles. The van der Waals surface area contributed by atoms with Crippen LogP contribution in [0.15, 0.2) is 24.8 Å². The van der Waals surface area contributed by atoms with Gasteiger partial charge in [-0.15, -0.1) is 6.58 Å². The molecule has 0 aromatic heterocycles. The summed E-state index contributed by atoms with van der Waals surface area (Å²) < 4.78 is 16.4. The lowest BCUT2D eigenvalue weighted by Gasteiger charge is -2.29. The van der Waals surface area contributed by atoms with E-state index in [1.54, 1.807) is 13.8 Å². The zero-order valence-corrected chi connectivity index (χ0v) is 17.0. The van der Waals surface area contributed by atoms with E-state index in [4.69, 9.17) is 14.2 Å². The molecule has 152 valence electrons. The van der Waals surface area contributed by atoms with E-state index < -0.39 is 17.4 Å². The van der Waals surface area contributed by atoms with Crippen molar-refractivity contribution in [2.45, 2.75) is 65.4 Å². The monoisotopic (exact) mass is 378 g/mol. The summed E-state index contributed by atoms with van der Waals surface area (Å²) >= 11 is 0. The fourth-order valence-corrected chi connectivity index (χ4v) is 4.45. The van der Waals surface area contributed by atoms with E-state index >= 15 is 0 Å². The van der Waals surface area contributed by atoms with Gasteiger partial charge in [-0.1, -0.05) is 25.2 Å². The van der Waals surface area contributed by atoms with Crippen LogP contribution in [0.5, 0.6) is 0 Å². The maximum atomic E-state index is 12.8. The quantitative estimate of drug-likeness (QED) is 0.360. The number of allylic oxidation sites excluding steroid dienone is 2. The summed E-state index contributed by atoms with van der Waals surface area (Å²) in [5, 5.41) is 0. The van der Waals surface area contributed by atoms with E-state index in [-0.39, 0.29) is 30.7 Å². The normalized spacial score (nSPS) is 30.2. The van der Waals surface area contributed by atoms with Crippen molar-refractivity contribution in [2.24, 2.45) is 16.7 Å². The first kappa shape index (κ1) is 21.7. The molecule has 27 heavy (non-hydrogen) atoms. The third-order valence-corrected chi connectivity index (χ3v) is 5.90. The molecule has 5 heteroatoms. The lowest BCUT2D eigenvalue weighted by atomic mass is 9.76. The first-order valence-electron chi connectivity index (χ1n) is 10.2. The summed E-state index contributed by atoms with van der Waals surface area (Å²) in [5.41, 5.74) is -1.57.